The van der Waals surface area contributed by atoms with E-state index >= 15 is 0 Å². The summed E-state index contributed by atoms with van der Waals surface area (Å²) in [6.07, 6.45) is 1.68. The first-order valence-corrected chi connectivity index (χ1v) is 11.2. The van der Waals surface area contributed by atoms with Crippen LogP contribution in [0.4, 0.5) is 0 Å². The zero-order valence-electron chi connectivity index (χ0n) is 15.9. The number of fused-ring (bicyclic) bond motifs is 1. The van der Waals surface area contributed by atoms with Gasteiger partial charge in [-0.3, -0.25) is 9.00 Å². The molecule has 3 nitrogen and oxygen atoms in total. The lowest BCUT2D eigenvalue weighted by Crippen LogP contribution is -2.38. The van der Waals surface area contributed by atoms with Gasteiger partial charge in [-0.05, 0) is 34.4 Å². The van der Waals surface area contributed by atoms with Crippen LogP contribution in [0.3, 0.4) is 0 Å². The van der Waals surface area contributed by atoms with E-state index in [1.54, 1.807) is 6.26 Å². The first-order chi connectivity index (χ1) is 13.6. The molecule has 4 rings (SSSR count). The normalized spacial score (nSPS) is 17.0. The second-order valence-corrected chi connectivity index (χ2v) is 8.70. The second kappa shape index (κ2) is 8.11. The van der Waals surface area contributed by atoms with Crippen molar-refractivity contribution in [3.63, 3.8) is 0 Å². The minimum atomic E-state index is -0.928. The van der Waals surface area contributed by atoms with Crippen LogP contribution < -0.4 is 0 Å². The molecular formula is C24H23NO2S. The molecule has 0 saturated carbocycles. The SMILES string of the molecule is C[S@@](=O)Cc1cccc(C(=O)N2Cc3ccccc3[C@H](c3ccccc3)C2)c1. The van der Waals surface area contributed by atoms with Gasteiger partial charge >= 0.3 is 0 Å². The molecule has 2 atom stereocenters. The average Bonchev–Trinajstić information content (AvgIpc) is 2.73. The summed E-state index contributed by atoms with van der Waals surface area (Å²) in [4.78, 5) is 15.2. The molecular weight excluding hydrogens is 366 g/mol. The largest absolute Gasteiger partial charge is 0.333 e. The second-order valence-electron chi connectivity index (χ2n) is 7.27. The molecule has 0 N–H and O–H groups in total. The van der Waals surface area contributed by atoms with Crippen molar-refractivity contribution in [2.75, 3.05) is 12.8 Å². The zero-order chi connectivity index (χ0) is 19.5. The summed E-state index contributed by atoms with van der Waals surface area (Å²) in [7, 11) is -0.928. The number of nitrogens with zero attached hydrogens (tertiary/aromatic N) is 1. The molecule has 0 fully saturated rings. The zero-order valence-corrected chi connectivity index (χ0v) is 16.7. The van der Waals surface area contributed by atoms with E-state index in [4.69, 9.17) is 0 Å². The van der Waals surface area contributed by atoms with Crippen molar-refractivity contribution in [2.45, 2.75) is 18.2 Å². The van der Waals surface area contributed by atoms with Gasteiger partial charge in [-0.15, -0.1) is 0 Å². The van der Waals surface area contributed by atoms with E-state index in [1.165, 1.54) is 16.7 Å². The molecule has 3 aromatic rings. The van der Waals surface area contributed by atoms with Crippen LogP contribution in [0.25, 0.3) is 0 Å². The highest BCUT2D eigenvalue weighted by Crippen LogP contribution is 2.34. The fourth-order valence-corrected chi connectivity index (χ4v) is 4.59. The van der Waals surface area contributed by atoms with Crippen molar-refractivity contribution in [1.82, 2.24) is 4.90 Å². The van der Waals surface area contributed by atoms with Crippen molar-refractivity contribution < 1.29 is 9.00 Å². The molecule has 4 heteroatoms. The van der Waals surface area contributed by atoms with Crippen molar-refractivity contribution in [3.05, 3.63) is 107 Å². The van der Waals surface area contributed by atoms with Gasteiger partial charge < -0.3 is 4.90 Å². The molecule has 0 saturated heterocycles. The summed E-state index contributed by atoms with van der Waals surface area (Å²) in [5, 5.41) is 0. The van der Waals surface area contributed by atoms with Gasteiger partial charge in [0.25, 0.3) is 5.91 Å². The van der Waals surface area contributed by atoms with Crippen LogP contribution in [0.15, 0.2) is 78.9 Å². The first-order valence-electron chi connectivity index (χ1n) is 9.43. The van der Waals surface area contributed by atoms with Gasteiger partial charge in [-0.1, -0.05) is 66.7 Å². The van der Waals surface area contributed by atoms with Gasteiger partial charge in [0.2, 0.25) is 0 Å². The number of carbonyl (C=O) groups excluding carboxylic acids is 1. The Labute approximate surface area is 168 Å². The van der Waals surface area contributed by atoms with E-state index in [-0.39, 0.29) is 11.8 Å². The highest BCUT2D eigenvalue weighted by Gasteiger charge is 2.29. The fraction of sp³-hybridized carbons (Fsp3) is 0.208. The lowest BCUT2D eigenvalue weighted by Gasteiger charge is -2.35. The average molecular weight is 390 g/mol. The quantitative estimate of drug-likeness (QED) is 0.665. The van der Waals surface area contributed by atoms with E-state index in [0.717, 1.165) is 5.56 Å². The van der Waals surface area contributed by atoms with Crippen LogP contribution in [0, 0.1) is 0 Å². The summed E-state index contributed by atoms with van der Waals surface area (Å²) in [5.74, 6) is 0.664. The number of hydrogen-bond acceptors (Lipinski definition) is 2. The Hall–Kier alpha value is -2.72. The number of hydrogen-bond donors (Lipinski definition) is 0. The molecule has 142 valence electrons. The summed E-state index contributed by atoms with van der Waals surface area (Å²) < 4.78 is 11.5. The van der Waals surface area contributed by atoms with Gasteiger partial charge in [0.1, 0.15) is 0 Å². The number of rotatable bonds is 4. The molecule has 1 amide bonds. The van der Waals surface area contributed by atoms with Gasteiger partial charge in [0, 0.05) is 47.4 Å². The van der Waals surface area contributed by atoms with E-state index < -0.39 is 10.8 Å². The number of amides is 1. The Morgan fingerprint density at radius 2 is 1.75 bits per heavy atom. The minimum absolute atomic E-state index is 0.0270. The third kappa shape index (κ3) is 3.92. The van der Waals surface area contributed by atoms with Crippen molar-refractivity contribution >= 4 is 16.7 Å². The van der Waals surface area contributed by atoms with Crippen molar-refractivity contribution in [3.8, 4) is 0 Å². The van der Waals surface area contributed by atoms with Gasteiger partial charge in [0.15, 0.2) is 0 Å². The smallest absolute Gasteiger partial charge is 0.254 e. The molecule has 1 aliphatic heterocycles. The topological polar surface area (TPSA) is 37.4 Å². The van der Waals surface area contributed by atoms with Crippen LogP contribution in [0.2, 0.25) is 0 Å². The third-order valence-corrected chi connectivity index (χ3v) is 5.97. The maximum atomic E-state index is 13.3. The van der Waals surface area contributed by atoms with E-state index in [1.807, 2.05) is 53.4 Å². The van der Waals surface area contributed by atoms with Gasteiger partial charge in [-0.2, -0.15) is 0 Å². The summed E-state index contributed by atoms with van der Waals surface area (Å²) in [6.45, 7) is 1.27. The monoisotopic (exact) mass is 389 g/mol. The van der Waals surface area contributed by atoms with Crippen LogP contribution >= 0.6 is 0 Å². The molecule has 28 heavy (non-hydrogen) atoms. The Morgan fingerprint density at radius 1 is 1.00 bits per heavy atom. The lowest BCUT2D eigenvalue weighted by atomic mass is 9.84. The van der Waals surface area contributed by atoms with Crippen LogP contribution in [0.5, 0.6) is 0 Å². The molecule has 1 heterocycles. The standard InChI is InChI=1S/C24H23NO2S/c1-28(27)17-18-8-7-12-20(14-18)24(26)25-15-21-11-5-6-13-22(21)23(16-25)19-9-3-2-4-10-19/h2-14,23H,15-17H2,1H3/t23-,28+/m0/s1. The summed E-state index contributed by atoms with van der Waals surface area (Å²) in [6, 6.07) is 26.3. The molecule has 1 aliphatic rings. The molecule has 0 bridgehead atoms. The van der Waals surface area contributed by atoms with Crippen LogP contribution in [-0.2, 0) is 23.1 Å². The lowest BCUT2D eigenvalue weighted by molar-refractivity contribution is 0.0725. The molecule has 0 aliphatic carbocycles. The first kappa shape index (κ1) is 18.6. The predicted molar refractivity (Wildman–Crippen MR) is 114 cm³/mol. The minimum Gasteiger partial charge on any atom is -0.333 e. The Balaban J connectivity index is 1.66. The maximum Gasteiger partial charge on any atom is 0.254 e. The maximum absolute atomic E-state index is 13.3. The van der Waals surface area contributed by atoms with E-state index in [2.05, 4.69) is 30.3 Å². The highest BCUT2D eigenvalue weighted by atomic mass is 32.2. The molecule has 0 spiro atoms. The fourth-order valence-electron chi connectivity index (χ4n) is 3.94. The summed E-state index contributed by atoms with van der Waals surface area (Å²) >= 11 is 0. The molecule has 0 radical (unpaired) electrons. The van der Waals surface area contributed by atoms with Crippen LogP contribution in [0.1, 0.15) is 38.5 Å². The summed E-state index contributed by atoms with van der Waals surface area (Å²) in [5.41, 5.74) is 5.31. The van der Waals surface area contributed by atoms with Crippen molar-refractivity contribution in [1.29, 1.82) is 0 Å². The predicted octanol–water partition coefficient (Wildman–Crippen LogP) is 4.35. The van der Waals surface area contributed by atoms with Crippen molar-refractivity contribution in [2.24, 2.45) is 0 Å². The Morgan fingerprint density at radius 3 is 2.54 bits per heavy atom. The third-order valence-electron chi connectivity index (χ3n) is 5.23. The van der Waals surface area contributed by atoms with Gasteiger partial charge in [0.05, 0.1) is 0 Å². The molecule has 3 aromatic carbocycles. The van der Waals surface area contributed by atoms with Crippen LogP contribution in [-0.4, -0.2) is 27.8 Å². The van der Waals surface area contributed by atoms with E-state index in [0.29, 0.717) is 24.4 Å². The highest BCUT2D eigenvalue weighted by molar-refractivity contribution is 7.83. The Kier molecular flexibility index (Phi) is 5.40. The number of carbonyl (C=O) groups is 1. The molecule has 0 aromatic heterocycles. The number of benzene rings is 3. The van der Waals surface area contributed by atoms with E-state index in [9.17, 15) is 9.00 Å². The Bertz CT molecular complexity index is 1020. The molecule has 0 unspecified atom stereocenters. The van der Waals surface area contributed by atoms with Gasteiger partial charge in [-0.25, -0.2) is 0 Å².